The molecule has 0 unspecified atom stereocenters. The third-order valence-electron chi connectivity index (χ3n) is 13.1. The highest BCUT2D eigenvalue weighted by atomic mass is 15.4. The minimum atomic E-state index is 0.622. The summed E-state index contributed by atoms with van der Waals surface area (Å²) in [6.45, 7) is 11.0. The molecule has 4 aliphatic rings. The minimum Gasteiger partial charge on any atom is -0.328 e. The number of anilines is 8. The summed E-state index contributed by atoms with van der Waals surface area (Å²) in [6.07, 6.45) is 21.0. The van der Waals surface area contributed by atoms with Gasteiger partial charge in [-0.15, -0.1) is 0 Å². The maximum atomic E-state index is 5.41. The van der Waals surface area contributed by atoms with Crippen molar-refractivity contribution in [1.82, 2.24) is 19.5 Å². The zero-order chi connectivity index (χ0) is 45.2. The molecule has 0 spiro atoms. The van der Waals surface area contributed by atoms with Gasteiger partial charge in [-0.05, 0) is 76.2 Å². The first kappa shape index (κ1) is 40.0. The van der Waals surface area contributed by atoms with Crippen LogP contribution < -0.4 is 39.2 Å². The van der Waals surface area contributed by atoms with E-state index in [4.69, 9.17) is 15.0 Å². The molecule has 8 heterocycles. The summed E-state index contributed by atoms with van der Waals surface area (Å²) in [5.74, 6) is 3.39. The predicted molar refractivity (Wildman–Crippen MR) is 275 cm³/mol. The molecule has 4 aromatic heterocycles. The quantitative estimate of drug-likeness (QED) is 0.139. The van der Waals surface area contributed by atoms with Crippen molar-refractivity contribution in [2.45, 2.75) is 27.7 Å². The first-order valence-corrected chi connectivity index (χ1v) is 22.7. The fraction of sp³-hybridized carbons (Fsp3) is 0.145. The van der Waals surface area contributed by atoms with Crippen LogP contribution >= 0.6 is 0 Å². The van der Waals surface area contributed by atoms with Crippen LogP contribution in [0.1, 0.15) is 22.3 Å². The van der Waals surface area contributed by atoms with Gasteiger partial charge in [-0.1, -0.05) is 70.8 Å². The molecule has 0 N–H and O–H groups in total. The highest BCUT2D eigenvalue weighted by Crippen LogP contribution is 2.39. The van der Waals surface area contributed by atoms with Crippen LogP contribution in [0.25, 0.3) is 27.5 Å². The van der Waals surface area contributed by atoms with E-state index in [0.717, 1.165) is 73.5 Å². The number of rotatable bonds is 9. The summed E-state index contributed by atoms with van der Waals surface area (Å²) in [7, 11) is 0. The van der Waals surface area contributed by atoms with Gasteiger partial charge in [0.2, 0.25) is 0 Å². The van der Waals surface area contributed by atoms with Gasteiger partial charge in [0, 0.05) is 120 Å². The summed E-state index contributed by atoms with van der Waals surface area (Å²) in [4.78, 5) is 33.5. The lowest BCUT2D eigenvalue weighted by Crippen LogP contribution is -2.28. The number of pyridine rings is 3. The topological polar surface area (TPSA) is 69.5 Å². The number of fused-ring (bicyclic) bond motifs is 3. The van der Waals surface area contributed by atoms with Gasteiger partial charge in [0.15, 0.2) is 0 Å². The van der Waals surface area contributed by atoms with Gasteiger partial charge in [-0.25, -0.2) is 15.0 Å². The van der Waals surface area contributed by atoms with Crippen molar-refractivity contribution in [3.05, 3.63) is 206 Å². The molecule has 330 valence electrons. The van der Waals surface area contributed by atoms with Gasteiger partial charge in [0.25, 0.3) is 0 Å². The SMILES string of the molecule is Cc1ccc(N2C=CN(c3cc4c(cn3)c3cnc(N5C=CN(c6ccc(C)cc6)C5)cc3n4-c3cc(N4C=CN(c5ccc(C)cc5)C4)nc(N4C=CN(c5ccc(C)cc5)C4)c3)C2)cc1. The molecule has 12 nitrogen and oxygen atoms in total. The molecule has 0 saturated carbocycles. The van der Waals surface area contributed by atoms with Crippen molar-refractivity contribution >= 4 is 67.8 Å². The molecule has 8 aromatic rings. The molecule has 0 bridgehead atoms. The Morgan fingerprint density at radius 1 is 0.313 bits per heavy atom. The maximum Gasteiger partial charge on any atom is 0.138 e. The van der Waals surface area contributed by atoms with Gasteiger partial charge in [-0.2, -0.15) is 0 Å². The van der Waals surface area contributed by atoms with Crippen LogP contribution in [-0.2, 0) is 0 Å². The van der Waals surface area contributed by atoms with Crippen LogP contribution in [0.3, 0.4) is 0 Å². The first-order chi connectivity index (χ1) is 32.8. The van der Waals surface area contributed by atoms with Gasteiger partial charge >= 0.3 is 0 Å². The number of nitrogens with zero attached hydrogens (tertiary/aromatic N) is 12. The summed E-state index contributed by atoms with van der Waals surface area (Å²) in [5.41, 5.74) is 12.5. The van der Waals surface area contributed by atoms with Crippen molar-refractivity contribution < 1.29 is 0 Å². The summed E-state index contributed by atoms with van der Waals surface area (Å²) in [6, 6.07) is 43.5. The normalized spacial score (nSPS) is 15.6. The molecule has 4 aliphatic heterocycles. The van der Waals surface area contributed by atoms with Crippen LogP contribution in [0.15, 0.2) is 183 Å². The fourth-order valence-electron chi connectivity index (χ4n) is 9.18. The number of aryl methyl sites for hydroxylation is 4. The highest BCUT2D eigenvalue weighted by molar-refractivity contribution is 6.10. The van der Waals surface area contributed by atoms with E-state index in [1.807, 2.05) is 12.4 Å². The second-order valence-electron chi connectivity index (χ2n) is 17.9. The van der Waals surface area contributed by atoms with Crippen molar-refractivity contribution in [3.63, 3.8) is 0 Å². The molecule has 0 radical (unpaired) electrons. The maximum absolute atomic E-state index is 5.41. The van der Waals surface area contributed by atoms with Crippen molar-refractivity contribution in [3.8, 4) is 5.69 Å². The van der Waals surface area contributed by atoms with Crippen LogP contribution in [-0.4, -0.2) is 46.2 Å². The first-order valence-electron chi connectivity index (χ1n) is 22.7. The Labute approximate surface area is 390 Å². The molecule has 12 heteroatoms. The van der Waals surface area contributed by atoms with Crippen LogP contribution in [0, 0.1) is 27.7 Å². The van der Waals surface area contributed by atoms with Gasteiger partial charge in [0.1, 0.15) is 49.9 Å². The van der Waals surface area contributed by atoms with Gasteiger partial charge in [0.05, 0.1) is 16.7 Å². The lowest BCUT2D eigenvalue weighted by Gasteiger charge is -2.25. The average molecular weight is 879 g/mol. The summed E-state index contributed by atoms with van der Waals surface area (Å²) >= 11 is 0. The van der Waals surface area contributed by atoms with Gasteiger partial charge < -0.3 is 43.8 Å². The van der Waals surface area contributed by atoms with Crippen LogP contribution in [0.5, 0.6) is 0 Å². The second-order valence-corrected chi connectivity index (χ2v) is 17.9. The molecule has 0 saturated heterocycles. The van der Waals surface area contributed by atoms with Crippen molar-refractivity contribution in [2.75, 3.05) is 65.9 Å². The molecule has 12 rings (SSSR count). The molecule has 4 aromatic carbocycles. The van der Waals surface area contributed by atoms with E-state index >= 15 is 0 Å². The molecule has 0 amide bonds. The number of benzene rings is 4. The molecule has 0 fully saturated rings. The third kappa shape index (κ3) is 7.51. The number of hydrogen-bond donors (Lipinski definition) is 0. The Kier molecular flexibility index (Phi) is 9.67. The average Bonchev–Trinajstić information content (AvgIpc) is 4.22. The van der Waals surface area contributed by atoms with Crippen molar-refractivity contribution in [1.29, 1.82) is 0 Å². The smallest absolute Gasteiger partial charge is 0.138 e. The van der Waals surface area contributed by atoms with Crippen LogP contribution in [0.2, 0.25) is 0 Å². The standard InChI is InChI=1S/C55H50N12/c1-39-5-13-43(14-6-39)59-21-25-63(35-59)52-31-50-48(33-56-52)49-34-57-53(64-26-22-60(36-64)44-15-7-40(2)8-16-44)32-51(49)67(50)47-29-54(65-27-23-61(37-65)45-17-9-41(3)10-18-45)58-55(30-47)66-28-24-62(38-66)46-19-11-42(4)12-20-46/h5-34H,35-38H2,1-4H3. The van der Waals surface area contributed by atoms with E-state index in [1.54, 1.807) is 0 Å². The van der Waals surface area contributed by atoms with E-state index < -0.39 is 0 Å². The van der Waals surface area contributed by atoms with Crippen molar-refractivity contribution in [2.24, 2.45) is 0 Å². The summed E-state index contributed by atoms with van der Waals surface area (Å²) in [5, 5.41) is 2.04. The van der Waals surface area contributed by atoms with Gasteiger partial charge in [-0.3, -0.25) is 0 Å². The lowest BCUT2D eigenvalue weighted by molar-refractivity contribution is 0.922. The Morgan fingerprint density at radius 3 is 0.910 bits per heavy atom. The van der Waals surface area contributed by atoms with Crippen LogP contribution in [0.4, 0.5) is 46.0 Å². The lowest BCUT2D eigenvalue weighted by atomic mass is 10.2. The monoisotopic (exact) mass is 878 g/mol. The zero-order valence-corrected chi connectivity index (χ0v) is 38.0. The largest absolute Gasteiger partial charge is 0.328 e. The Hall–Kier alpha value is -8.51. The van der Waals surface area contributed by atoms with E-state index in [1.165, 1.54) is 22.3 Å². The van der Waals surface area contributed by atoms with E-state index in [-0.39, 0.29) is 0 Å². The Balaban J connectivity index is 0.977. The molecular weight excluding hydrogens is 829 g/mol. The third-order valence-corrected chi connectivity index (χ3v) is 13.1. The summed E-state index contributed by atoms with van der Waals surface area (Å²) < 4.78 is 2.37. The Morgan fingerprint density at radius 2 is 0.597 bits per heavy atom. The Bertz CT molecular complexity index is 3060. The molecular formula is C55H50N12. The highest BCUT2D eigenvalue weighted by Gasteiger charge is 2.26. The predicted octanol–water partition coefficient (Wildman–Crippen LogP) is 11.2. The molecule has 67 heavy (non-hydrogen) atoms. The van der Waals surface area contributed by atoms with E-state index in [9.17, 15) is 0 Å². The van der Waals surface area contributed by atoms with E-state index in [2.05, 4.69) is 242 Å². The number of aromatic nitrogens is 4. The van der Waals surface area contributed by atoms with E-state index in [0.29, 0.717) is 26.7 Å². The second kappa shape index (κ2) is 16.2. The molecule has 0 atom stereocenters. The molecule has 0 aliphatic carbocycles. The zero-order valence-electron chi connectivity index (χ0n) is 38.0. The fourth-order valence-corrected chi connectivity index (χ4v) is 9.18. The number of hydrogen-bond acceptors (Lipinski definition) is 11. The minimum absolute atomic E-state index is 0.622.